The molecule has 1 heterocycles. The standard InChI is InChI=1S/C22H29N3O/c1-23-22(24-14-12-20-10-6-7-11-21(20)26-2)25-15-13-19(17-25)16-18-8-4-3-5-9-18/h3-11,19H,12-17H2,1-2H3,(H,23,24). The average Bonchev–Trinajstić information content (AvgIpc) is 3.14. The zero-order chi connectivity index (χ0) is 18.2. The second-order valence-corrected chi connectivity index (χ2v) is 6.83. The Balaban J connectivity index is 1.49. The smallest absolute Gasteiger partial charge is 0.193 e. The van der Waals surface area contributed by atoms with Gasteiger partial charge < -0.3 is 15.0 Å². The zero-order valence-corrected chi connectivity index (χ0v) is 15.8. The van der Waals surface area contributed by atoms with Crippen molar-refractivity contribution in [1.29, 1.82) is 0 Å². The fourth-order valence-electron chi connectivity index (χ4n) is 3.69. The van der Waals surface area contributed by atoms with Gasteiger partial charge in [0.15, 0.2) is 5.96 Å². The summed E-state index contributed by atoms with van der Waals surface area (Å²) in [6, 6.07) is 19.0. The molecule has 0 spiro atoms. The van der Waals surface area contributed by atoms with Crippen molar-refractivity contribution in [2.24, 2.45) is 10.9 Å². The molecule has 2 aromatic carbocycles. The summed E-state index contributed by atoms with van der Waals surface area (Å²) in [6.45, 7) is 3.00. The Labute approximate surface area is 156 Å². The molecule has 0 aliphatic carbocycles. The number of para-hydroxylation sites is 1. The first-order valence-electron chi connectivity index (χ1n) is 9.41. The van der Waals surface area contributed by atoms with Gasteiger partial charge in [-0.2, -0.15) is 0 Å². The van der Waals surface area contributed by atoms with Gasteiger partial charge in [-0.05, 0) is 42.4 Å². The van der Waals surface area contributed by atoms with Crippen LogP contribution in [0.15, 0.2) is 59.6 Å². The maximum absolute atomic E-state index is 5.43. The van der Waals surface area contributed by atoms with Crippen molar-refractivity contribution >= 4 is 5.96 Å². The topological polar surface area (TPSA) is 36.9 Å². The Morgan fingerprint density at radius 2 is 1.92 bits per heavy atom. The number of likely N-dealkylation sites (tertiary alicyclic amines) is 1. The fraction of sp³-hybridized carbons (Fsp3) is 0.409. The van der Waals surface area contributed by atoms with Gasteiger partial charge in [0.05, 0.1) is 7.11 Å². The second-order valence-electron chi connectivity index (χ2n) is 6.83. The van der Waals surface area contributed by atoms with Crippen LogP contribution in [0, 0.1) is 5.92 Å². The number of nitrogens with one attached hydrogen (secondary N) is 1. The largest absolute Gasteiger partial charge is 0.496 e. The van der Waals surface area contributed by atoms with Crippen LogP contribution in [0.1, 0.15) is 17.5 Å². The number of rotatable bonds is 6. The van der Waals surface area contributed by atoms with E-state index in [1.54, 1.807) is 7.11 Å². The molecule has 1 unspecified atom stereocenters. The molecule has 0 radical (unpaired) electrons. The van der Waals surface area contributed by atoms with Crippen LogP contribution in [0.2, 0.25) is 0 Å². The van der Waals surface area contributed by atoms with E-state index in [1.807, 2.05) is 19.2 Å². The van der Waals surface area contributed by atoms with Gasteiger partial charge in [-0.1, -0.05) is 48.5 Å². The van der Waals surface area contributed by atoms with Crippen LogP contribution >= 0.6 is 0 Å². The highest BCUT2D eigenvalue weighted by Crippen LogP contribution is 2.21. The van der Waals surface area contributed by atoms with Crippen molar-refractivity contribution in [3.8, 4) is 5.75 Å². The van der Waals surface area contributed by atoms with Gasteiger partial charge in [-0.3, -0.25) is 4.99 Å². The molecule has 1 atom stereocenters. The molecule has 4 nitrogen and oxygen atoms in total. The summed E-state index contributed by atoms with van der Waals surface area (Å²) in [5.74, 6) is 2.66. The minimum atomic E-state index is 0.699. The van der Waals surface area contributed by atoms with E-state index < -0.39 is 0 Å². The molecule has 138 valence electrons. The lowest BCUT2D eigenvalue weighted by molar-refractivity contribution is 0.409. The number of nitrogens with zero attached hydrogens (tertiary/aromatic N) is 2. The van der Waals surface area contributed by atoms with Crippen molar-refractivity contribution < 1.29 is 4.74 Å². The SMILES string of the molecule is CN=C(NCCc1ccccc1OC)N1CCC(Cc2ccccc2)C1. The lowest BCUT2D eigenvalue weighted by Gasteiger charge is -2.22. The first-order valence-corrected chi connectivity index (χ1v) is 9.41. The zero-order valence-electron chi connectivity index (χ0n) is 15.8. The van der Waals surface area contributed by atoms with Crippen molar-refractivity contribution in [2.45, 2.75) is 19.3 Å². The van der Waals surface area contributed by atoms with Crippen molar-refractivity contribution in [1.82, 2.24) is 10.2 Å². The van der Waals surface area contributed by atoms with Gasteiger partial charge in [0.1, 0.15) is 5.75 Å². The van der Waals surface area contributed by atoms with Crippen molar-refractivity contribution in [3.63, 3.8) is 0 Å². The summed E-state index contributed by atoms with van der Waals surface area (Å²) < 4.78 is 5.43. The Kier molecular flexibility index (Phi) is 6.53. The molecule has 1 aliphatic heterocycles. The summed E-state index contributed by atoms with van der Waals surface area (Å²) >= 11 is 0. The third kappa shape index (κ3) is 4.78. The first kappa shape index (κ1) is 18.3. The summed E-state index contributed by atoms with van der Waals surface area (Å²) in [7, 11) is 3.60. The fourth-order valence-corrected chi connectivity index (χ4v) is 3.69. The third-order valence-electron chi connectivity index (χ3n) is 5.03. The minimum absolute atomic E-state index is 0.699. The third-order valence-corrected chi connectivity index (χ3v) is 5.03. The van der Waals surface area contributed by atoms with Crippen LogP contribution in [0.4, 0.5) is 0 Å². The predicted octanol–water partition coefficient (Wildman–Crippen LogP) is 3.38. The Morgan fingerprint density at radius 1 is 1.15 bits per heavy atom. The number of hydrogen-bond acceptors (Lipinski definition) is 2. The highest BCUT2D eigenvalue weighted by atomic mass is 16.5. The van der Waals surface area contributed by atoms with E-state index in [9.17, 15) is 0 Å². The number of guanidine groups is 1. The Hall–Kier alpha value is -2.49. The van der Waals surface area contributed by atoms with Gasteiger partial charge in [-0.15, -0.1) is 0 Å². The highest BCUT2D eigenvalue weighted by Gasteiger charge is 2.24. The van der Waals surface area contributed by atoms with Crippen LogP contribution < -0.4 is 10.1 Å². The maximum Gasteiger partial charge on any atom is 0.193 e. The second kappa shape index (κ2) is 9.27. The normalized spacial score (nSPS) is 17.4. The quantitative estimate of drug-likeness (QED) is 0.640. The summed E-state index contributed by atoms with van der Waals surface area (Å²) in [5.41, 5.74) is 2.65. The van der Waals surface area contributed by atoms with E-state index in [2.05, 4.69) is 57.7 Å². The number of ether oxygens (including phenoxy) is 1. The number of benzene rings is 2. The number of aliphatic imine (C=N–C) groups is 1. The molecule has 0 aromatic heterocycles. The van der Waals surface area contributed by atoms with Gasteiger partial charge in [0.2, 0.25) is 0 Å². The van der Waals surface area contributed by atoms with Crippen molar-refractivity contribution in [3.05, 3.63) is 65.7 Å². The molecule has 26 heavy (non-hydrogen) atoms. The van der Waals surface area contributed by atoms with Crippen LogP contribution in [0.25, 0.3) is 0 Å². The van der Waals surface area contributed by atoms with E-state index in [0.717, 1.165) is 44.2 Å². The van der Waals surface area contributed by atoms with E-state index in [4.69, 9.17) is 4.74 Å². The molecule has 1 fully saturated rings. The van der Waals surface area contributed by atoms with Crippen LogP contribution in [0.5, 0.6) is 5.75 Å². The molecular formula is C22H29N3O. The Morgan fingerprint density at radius 3 is 2.69 bits per heavy atom. The molecule has 0 bridgehead atoms. The van der Waals surface area contributed by atoms with Crippen LogP contribution in [-0.2, 0) is 12.8 Å². The lowest BCUT2D eigenvalue weighted by atomic mass is 9.99. The Bertz CT molecular complexity index is 714. The van der Waals surface area contributed by atoms with Gasteiger partial charge in [0.25, 0.3) is 0 Å². The van der Waals surface area contributed by atoms with E-state index in [1.165, 1.54) is 17.5 Å². The van der Waals surface area contributed by atoms with Crippen LogP contribution in [0.3, 0.4) is 0 Å². The molecule has 0 saturated carbocycles. The molecule has 0 amide bonds. The average molecular weight is 351 g/mol. The number of hydrogen-bond donors (Lipinski definition) is 1. The molecule has 1 aliphatic rings. The van der Waals surface area contributed by atoms with E-state index in [0.29, 0.717) is 5.92 Å². The number of methoxy groups -OCH3 is 1. The van der Waals surface area contributed by atoms with Crippen LogP contribution in [-0.4, -0.2) is 44.7 Å². The van der Waals surface area contributed by atoms with Gasteiger partial charge >= 0.3 is 0 Å². The van der Waals surface area contributed by atoms with Gasteiger partial charge in [0, 0.05) is 26.7 Å². The molecule has 4 heteroatoms. The molecule has 2 aromatic rings. The summed E-state index contributed by atoms with van der Waals surface area (Å²) in [6.07, 6.45) is 3.29. The summed E-state index contributed by atoms with van der Waals surface area (Å²) in [4.78, 5) is 6.87. The highest BCUT2D eigenvalue weighted by molar-refractivity contribution is 5.80. The molecule has 1 N–H and O–H groups in total. The molecule has 1 saturated heterocycles. The van der Waals surface area contributed by atoms with E-state index in [-0.39, 0.29) is 0 Å². The van der Waals surface area contributed by atoms with Crippen molar-refractivity contribution in [2.75, 3.05) is 33.8 Å². The van der Waals surface area contributed by atoms with E-state index >= 15 is 0 Å². The lowest BCUT2D eigenvalue weighted by Crippen LogP contribution is -2.41. The predicted molar refractivity (Wildman–Crippen MR) is 108 cm³/mol. The molecular weight excluding hydrogens is 322 g/mol. The van der Waals surface area contributed by atoms with Gasteiger partial charge in [-0.25, -0.2) is 0 Å². The minimum Gasteiger partial charge on any atom is -0.496 e. The maximum atomic E-state index is 5.43. The molecule has 3 rings (SSSR count). The summed E-state index contributed by atoms with van der Waals surface area (Å²) in [5, 5.41) is 3.52. The monoisotopic (exact) mass is 351 g/mol. The first-order chi connectivity index (χ1) is 12.8.